The third-order valence-electron chi connectivity index (χ3n) is 5.93. The smallest absolute Gasteiger partial charge is 0.261 e. The first-order chi connectivity index (χ1) is 16.2. The monoisotopic (exact) mass is 478 g/mol. The van der Waals surface area contributed by atoms with Crippen molar-refractivity contribution in [3.05, 3.63) is 89.0 Å². The Morgan fingerprint density at radius 2 is 1.88 bits per heavy atom. The fourth-order valence-corrected chi connectivity index (χ4v) is 5.09. The third kappa shape index (κ3) is 4.88. The number of anilines is 2. The van der Waals surface area contributed by atoms with Crippen LogP contribution in [0, 0.1) is 0 Å². The summed E-state index contributed by atoms with van der Waals surface area (Å²) in [5.41, 5.74) is 3.18. The van der Waals surface area contributed by atoms with Crippen LogP contribution in [0.3, 0.4) is 0 Å². The van der Waals surface area contributed by atoms with Crippen LogP contribution in [0.25, 0.3) is 0 Å². The first-order valence-corrected chi connectivity index (χ1v) is 12.5. The lowest BCUT2D eigenvalue weighted by atomic mass is 9.91. The van der Waals surface area contributed by atoms with E-state index in [9.17, 15) is 23.1 Å². The molecule has 3 N–H and O–H groups in total. The molecule has 0 radical (unpaired) electrons. The van der Waals surface area contributed by atoms with Crippen molar-refractivity contribution in [2.24, 2.45) is 0 Å². The Labute approximate surface area is 198 Å². The maximum absolute atomic E-state index is 13.0. The largest absolute Gasteiger partial charge is 0.388 e. The average Bonchev–Trinajstić information content (AvgIpc) is 2.83. The van der Waals surface area contributed by atoms with Gasteiger partial charge in [0.15, 0.2) is 11.6 Å². The number of carbonyl (C=O) groups is 2. The zero-order valence-corrected chi connectivity index (χ0v) is 19.7. The Morgan fingerprint density at radius 3 is 2.62 bits per heavy atom. The van der Waals surface area contributed by atoms with Crippen molar-refractivity contribution >= 4 is 33.0 Å². The van der Waals surface area contributed by atoms with E-state index in [1.54, 1.807) is 48.5 Å². The zero-order chi connectivity index (χ0) is 24.5. The van der Waals surface area contributed by atoms with E-state index in [1.165, 1.54) is 19.1 Å². The van der Waals surface area contributed by atoms with Gasteiger partial charge in [0.05, 0.1) is 17.0 Å². The predicted molar refractivity (Wildman–Crippen MR) is 131 cm³/mol. The number of hydrogen-bond donors (Lipinski definition) is 3. The normalized spacial score (nSPS) is 16.3. The number of Topliss-reactive ketones (excluding diaryl/α,β-unsaturated/α-hetero) is 2. The minimum absolute atomic E-state index is 0.0279. The van der Waals surface area contributed by atoms with Crippen molar-refractivity contribution in [3.63, 3.8) is 0 Å². The van der Waals surface area contributed by atoms with Gasteiger partial charge in [0.25, 0.3) is 10.0 Å². The number of aliphatic hydroxyl groups excluding tert-OH is 1. The number of aliphatic hydroxyl groups is 1. The number of fused-ring (bicyclic) bond motifs is 1. The second kappa shape index (κ2) is 9.40. The van der Waals surface area contributed by atoms with Crippen molar-refractivity contribution in [2.45, 2.75) is 43.7 Å². The first-order valence-electron chi connectivity index (χ1n) is 11.0. The summed E-state index contributed by atoms with van der Waals surface area (Å²) in [6.45, 7) is 3.33. The van der Waals surface area contributed by atoms with Gasteiger partial charge in [-0.3, -0.25) is 14.3 Å². The quantitative estimate of drug-likeness (QED) is 0.418. The third-order valence-corrected chi connectivity index (χ3v) is 7.31. The van der Waals surface area contributed by atoms with E-state index in [2.05, 4.69) is 10.0 Å². The Bertz CT molecular complexity index is 1370. The van der Waals surface area contributed by atoms with Gasteiger partial charge in [-0.15, -0.1) is 0 Å². The number of rotatable bonds is 7. The van der Waals surface area contributed by atoms with E-state index in [-0.39, 0.29) is 28.9 Å². The molecule has 0 aliphatic carbocycles. The maximum Gasteiger partial charge on any atom is 0.261 e. The second-order valence-electron chi connectivity index (χ2n) is 8.37. The fraction of sp³-hybridized carbons (Fsp3) is 0.231. The van der Waals surface area contributed by atoms with Crippen molar-refractivity contribution in [1.29, 1.82) is 0 Å². The van der Waals surface area contributed by atoms with Gasteiger partial charge in [0, 0.05) is 28.9 Å². The molecule has 0 saturated heterocycles. The van der Waals surface area contributed by atoms with Crippen LogP contribution in [0.4, 0.5) is 11.4 Å². The number of benzene rings is 3. The Morgan fingerprint density at radius 1 is 1.12 bits per heavy atom. The molecular formula is C26H26N2O5S. The van der Waals surface area contributed by atoms with E-state index >= 15 is 0 Å². The lowest BCUT2D eigenvalue weighted by Gasteiger charge is -2.27. The highest BCUT2D eigenvalue weighted by Crippen LogP contribution is 2.34. The van der Waals surface area contributed by atoms with Crippen molar-refractivity contribution in [2.75, 3.05) is 10.0 Å². The van der Waals surface area contributed by atoms with E-state index in [1.807, 2.05) is 13.0 Å². The molecule has 7 nitrogen and oxygen atoms in total. The molecule has 1 aliphatic rings. The minimum Gasteiger partial charge on any atom is -0.388 e. The van der Waals surface area contributed by atoms with Crippen LogP contribution in [0.2, 0.25) is 0 Å². The molecule has 3 aromatic rings. The molecule has 0 bridgehead atoms. The molecule has 0 fully saturated rings. The summed E-state index contributed by atoms with van der Waals surface area (Å²) in [5, 5.41) is 13.3. The Kier molecular flexibility index (Phi) is 6.54. The van der Waals surface area contributed by atoms with Gasteiger partial charge in [-0.25, -0.2) is 8.42 Å². The Hall–Kier alpha value is -3.49. The molecular weight excluding hydrogens is 452 g/mol. The highest BCUT2D eigenvalue weighted by Gasteiger charge is 2.28. The molecule has 8 heteroatoms. The van der Waals surface area contributed by atoms with Gasteiger partial charge in [0.2, 0.25) is 0 Å². The average molecular weight is 479 g/mol. The lowest BCUT2D eigenvalue weighted by Crippen LogP contribution is -2.24. The molecule has 176 valence electrons. The van der Waals surface area contributed by atoms with Gasteiger partial charge >= 0.3 is 0 Å². The van der Waals surface area contributed by atoms with Gasteiger partial charge in [-0.1, -0.05) is 37.3 Å². The topological polar surface area (TPSA) is 113 Å². The molecule has 1 aliphatic heterocycles. The van der Waals surface area contributed by atoms with E-state index in [0.717, 1.165) is 5.56 Å². The molecule has 2 atom stereocenters. The van der Waals surface area contributed by atoms with Gasteiger partial charge in [-0.05, 0) is 60.9 Å². The molecule has 0 amide bonds. The summed E-state index contributed by atoms with van der Waals surface area (Å²) in [4.78, 5) is 24.6. The molecule has 3 aromatic carbocycles. The van der Waals surface area contributed by atoms with Crippen molar-refractivity contribution in [3.8, 4) is 0 Å². The fourth-order valence-electron chi connectivity index (χ4n) is 4.02. The molecule has 0 saturated carbocycles. The lowest BCUT2D eigenvalue weighted by molar-refractivity contribution is 0.0971. The predicted octanol–water partition coefficient (Wildman–Crippen LogP) is 4.87. The highest BCUT2D eigenvalue weighted by molar-refractivity contribution is 7.92. The summed E-state index contributed by atoms with van der Waals surface area (Å²) in [5.74, 6) is -0.237. The van der Waals surface area contributed by atoms with E-state index in [4.69, 9.17) is 0 Å². The van der Waals surface area contributed by atoms with Crippen LogP contribution in [0.15, 0.2) is 71.6 Å². The van der Waals surface area contributed by atoms with Crippen LogP contribution in [0.1, 0.15) is 70.7 Å². The van der Waals surface area contributed by atoms with Crippen LogP contribution in [-0.4, -0.2) is 25.1 Å². The van der Waals surface area contributed by atoms with Gasteiger partial charge in [-0.2, -0.15) is 0 Å². The second-order valence-corrected chi connectivity index (χ2v) is 10.1. The number of sulfonamides is 1. The summed E-state index contributed by atoms with van der Waals surface area (Å²) in [7, 11) is -3.95. The first kappa shape index (κ1) is 23.7. The molecule has 0 aromatic heterocycles. The van der Waals surface area contributed by atoms with Crippen molar-refractivity contribution < 1.29 is 23.1 Å². The summed E-state index contributed by atoms with van der Waals surface area (Å²) >= 11 is 0. The van der Waals surface area contributed by atoms with Crippen LogP contribution < -0.4 is 10.0 Å². The molecule has 34 heavy (non-hydrogen) atoms. The summed E-state index contributed by atoms with van der Waals surface area (Å²) in [6, 6.07) is 17.8. The summed E-state index contributed by atoms with van der Waals surface area (Å²) in [6.07, 6.45) is -0.0284. The number of ketones is 2. The summed E-state index contributed by atoms with van der Waals surface area (Å²) < 4.78 is 28.5. The van der Waals surface area contributed by atoms with Gasteiger partial charge in [0.1, 0.15) is 0 Å². The van der Waals surface area contributed by atoms with E-state index in [0.29, 0.717) is 34.5 Å². The maximum atomic E-state index is 13.0. The molecule has 2 unspecified atom stereocenters. The van der Waals surface area contributed by atoms with Crippen LogP contribution in [0.5, 0.6) is 0 Å². The minimum atomic E-state index is -3.95. The van der Waals surface area contributed by atoms with E-state index < -0.39 is 16.1 Å². The highest BCUT2D eigenvalue weighted by atomic mass is 32.2. The number of hydrogen-bond acceptors (Lipinski definition) is 6. The SMILES string of the molecule is CCC(O)c1cccc(NS(=O)(=O)c2ccc3c(c2)C(=O)CC(c2cccc(C(C)=O)c2)N3)c1. The van der Waals surface area contributed by atoms with Crippen LogP contribution >= 0.6 is 0 Å². The number of nitrogens with one attached hydrogen (secondary N) is 2. The van der Waals surface area contributed by atoms with Gasteiger partial charge < -0.3 is 10.4 Å². The molecule has 4 rings (SSSR count). The Balaban J connectivity index is 1.58. The molecule has 1 heterocycles. The zero-order valence-electron chi connectivity index (χ0n) is 18.9. The number of carbonyl (C=O) groups excluding carboxylic acids is 2. The standard InChI is InChI=1S/C26H26N2O5S/c1-3-25(30)19-8-5-9-20(13-19)28-34(32,33)21-10-11-23-22(14-21)26(31)15-24(27-23)18-7-4-6-17(12-18)16(2)29/h4-14,24-25,27-28,30H,3,15H2,1-2H3. The van der Waals surface area contributed by atoms with Crippen LogP contribution in [-0.2, 0) is 10.0 Å². The molecule has 0 spiro atoms. The van der Waals surface area contributed by atoms with Crippen molar-refractivity contribution in [1.82, 2.24) is 0 Å².